The summed E-state index contributed by atoms with van der Waals surface area (Å²) in [5, 5.41) is -0.744. The van der Waals surface area contributed by atoms with Gasteiger partial charge >= 0.3 is 6.29 Å². The number of hydrogen-bond acceptors (Lipinski definition) is 3. The smallest absolute Gasteiger partial charge is 0.395 e. The molecule has 1 aromatic rings. The molecule has 2 rings (SSSR count). The van der Waals surface area contributed by atoms with Gasteiger partial charge in [0.25, 0.3) is 5.24 Å². The maximum atomic E-state index is 12.5. The van der Waals surface area contributed by atoms with E-state index in [4.69, 9.17) is 11.6 Å². The Bertz CT molecular complexity index is 421. The van der Waals surface area contributed by atoms with Gasteiger partial charge in [-0.3, -0.25) is 4.79 Å². The molecule has 0 fully saturated rings. The first-order chi connectivity index (χ1) is 7.48. The van der Waals surface area contributed by atoms with Gasteiger partial charge in [0.1, 0.15) is 0 Å². The molecular formula is C10H7ClF2O3. The van der Waals surface area contributed by atoms with Crippen molar-refractivity contribution in [2.45, 2.75) is 6.29 Å². The molecule has 0 aromatic heterocycles. The molecule has 1 aliphatic rings. The van der Waals surface area contributed by atoms with Gasteiger partial charge in [0, 0.05) is 5.56 Å². The zero-order chi connectivity index (χ0) is 12.3. The van der Waals surface area contributed by atoms with E-state index in [0.717, 1.165) is 6.07 Å². The molecule has 0 unspecified atom stereocenters. The Balaban J connectivity index is 0.000000606. The molecule has 3 nitrogen and oxygen atoms in total. The lowest BCUT2D eigenvalue weighted by Crippen LogP contribution is -2.25. The number of carbonyl (C=O) groups is 1. The summed E-state index contributed by atoms with van der Waals surface area (Å²) >= 11 is 5.15. The van der Waals surface area contributed by atoms with Crippen molar-refractivity contribution in [3.63, 3.8) is 0 Å². The van der Waals surface area contributed by atoms with E-state index >= 15 is 0 Å². The molecule has 1 heterocycles. The van der Waals surface area contributed by atoms with E-state index in [-0.39, 0.29) is 17.1 Å². The van der Waals surface area contributed by atoms with E-state index in [1.54, 1.807) is 0 Å². The van der Waals surface area contributed by atoms with E-state index < -0.39 is 11.5 Å². The summed E-state index contributed by atoms with van der Waals surface area (Å²) in [6, 6.07) is 3.58. The Kier molecular flexibility index (Phi) is 3.49. The molecule has 0 saturated heterocycles. The van der Waals surface area contributed by atoms with Crippen LogP contribution in [0, 0.1) is 0 Å². The number of benzene rings is 1. The number of rotatable bonds is 1. The molecular weight excluding hydrogens is 242 g/mol. The van der Waals surface area contributed by atoms with E-state index in [1.807, 2.05) is 0 Å². The summed E-state index contributed by atoms with van der Waals surface area (Å²) in [6.07, 6.45) is -3.67. The Morgan fingerprint density at radius 1 is 1.25 bits per heavy atom. The van der Waals surface area contributed by atoms with E-state index in [0.29, 0.717) is 0 Å². The van der Waals surface area contributed by atoms with Crippen molar-refractivity contribution in [3.05, 3.63) is 36.9 Å². The fourth-order valence-corrected chi connectivity index (χ4v) is 1.19. The predicted octanol–water partition coefficient (Wildman–Crippen LogP) is 3.19. The van der Waals surface area contributed by atoms with E-state index in [2.05, 4.69) is 22.6 Å². The Morgan fingerprint density at radius 3 is 2.38 bits per heavy atom. The second kappa shape index (κ2) is 4.49. The molecule has 0 aliphatic carbocycles. The normalized spacial score (nSPS) is 14.9. The predicted molar refractivity (Wildman–Crippen MR) is 54.1 cm³/mol. The summed E-state index contributed by atoms with van der Waals surface area (Å²) in [7, 11) is 0. The minimum absolute atomic E-state index is 0.0757. The third-order valence-electron chi connectivity index (χ3n) is 1.63. The van der Waals surface area contributed by atoms with Crippen LogP contribution in [0.15, 0.2) is 31.4 Å². The third-order valence-corrected chi connectivity index (χ3v) is 1.85. The van der Waals surface area contributed by atoms with Crippen molar-refractivity contribution in [1.82, 2.24) is 0 Å². The average Bonchev–Trinajstić information content (AvgIpc) is 2.53. The van der Waals surface area contributed by atoms with Gasteiger partial charge in [-0.15, -0.1) is 21.9 Å². The number of fused-ring (bicyclic) bond motifs is 1. The first kappa shape index (κ1) is 12.4. The van der Waals surface area contributed by atoms with E-state index in [9.17, 15) is 13.6 Å². The van der Waals surface area contributed by atoms with Crippen molar-refractivity contribution in [3.8, 4) is 11.5 Å². The molecule has 0 bridgehead atoms. The van der Waals surface area contributed by atoms with Gasteiger partial charge in [-0.1, -0.05) is 0 Å². The van der Waals surface area contributed by atoms with Crippen molar-refractivity contribution in [1.29, 1.82) is 0 Å². The van der Waals surface area contributed by atoms with Crippen molar-refractivity contribution in [2.24, 2.45) is 0 Å². The van der Waals surface area contributed by atoms with E-state index in [1.165, 1.54) is 12.1 Å². The third kappa shape index (κ3) is 2.49. The minimum atomic E-state index is -3.67. The summed E-state index contributed by atoms with van der Waals surface area (Å²) in [6.45, 7) is 6.00. The topological polar surface area (TPSA) is 35.5 Å². The largest absolute Gasteiger partial charge is 0.586 e. The van der Waals surface area contributed by atoms with Gasteiger partial charge in [0.15, 0.2) is 11.5 Å². The molecule has 86 valence electrons. The molecule has 6 heteroatoms. The van der Waals surface area contributed by atoms with Crippen molar-refractivity contribution < 1.29 is 23.0 Å². The lowest BCUT2D eigenvalue weighted by molar-refractivity contribution is -0.286. The number of ether oxygens (including phenoxy) is 2. The van der Waals surface area contributed by atoms with Crippen LogP contribution in [0.25, 0.3) is 0 Å². The highest BCUT2D eigenvalue weighted by Gasteiger charge is 2.43. The Hall–Kier alpha value is -1.62. The summed E-state index contributed by atoms with van der Waals surface area (Å²) < 4.78 is 33.3. The molecule has 1 aromatic carbocycles. The number of hydrogen-bond donors (Lipinski definition) is 0. The molecule has 0 amide bonds. The maximum absolute atomic E-state index is 12.5. The van der Waals surface area contributed by atoms with Crippen LogP contribution >= 0.6 is 11.6 Å². The molecule has 0 atom stereocenters. The number of carbonyl (C=O) groups excluding carboxylic acids is 1. The monoisotopic (exact) mass is 248 g/mol. The number of alkyl halides is 2. The highest BCUT2D eigenvalue weighted by Crippen LogP contribution is 2.41. The van der Waals surface area contributed by atoms with Gasteiger partial charge in [-0.25, -0.2) is 0 Å². The van der Waals surface area contributed by atoms with Gasteiger partial charge in [-0.2, -0.15) is 0 Å². The highest BCUT2D eigenvalue weighted by molar-refractivity contribution is 6.67. The van der Waals surface area contributed by atoms with Crippen LogP contribution in [0.5, 0.6) is 11.5 Å². The van der Waals surface area contributed by atoms with Crippen LogP contribution in [0.1, 0.15) is 10.4 Å². The first-order valence-electron chi connectivity index (χ1n) is 4.08. The molecule has 1 aliphatic heterocycles. The van der Waals surface area contributed by atoms with Gasteiger partial charge in [-0.05, 0) is 29.8 Å². The molecule has 0 saturated carbocycles. The van der Waals surface area contributed by atoms with Gasteiger partial charge < -0.3 is 9.47 Å². The Morgan fingerprint density at radius 2 is 1.81 bits per heavy atom. The average molecular weight is 249 g/mol. The fourth-order valence-electron chi connectivity index (χ4n) is 1.07. The maximum Gasteiger partial charge on any atom is 0.586 e. The molecule has 16 heavy (non-hydrogen) atoms. The molecule has 0 radical (unpaired) electrons. The van der Waals surface area contributed by atoms with Crippen LogP contribution in [0.2, 0.25) is 0 Å². The molecule has 0 N–H and O–H groups in total. The van der Waals surface area contributed by atoms with Crippen LogP contribution in [-0.2, 0) is 0 Å². The Labute approximate surface area is 95.2 Å². The standard InChI is InChI=1S/C8H3ClF2O3.C2H4/c9-7(12)4-1-2-5-6(3-4)14-8(10,11)13-5;1-2/h1-3H;1-2H2. The van der Waals surface area contributed by atoms with Crippen LogP contribution in [0.3, 0.4) is 0 Å². The molecule has 0 spiro atoms. The lowest BCUT2D eigenvalue weighted by atomic mass is 10.2. The van der Waals surface area contributed by atoms with Crippen LogP contribution in [0.4, 0.5) is 8.78 Å². The van der Waals surface area contributed by atoms with Crippen LogP contribution < -0.4 is 9.47 Å². The second-order valence-electron chi connectivity index (χ2n) is 2.60. The van der Waals surface area contributed by atoms with Crippen molar-refractivity contribution in [2.75, 3.05) is 0 Å². The second-order valence-corrected chi connectivity index (χ2v) is 2.95. The summed E-state index contributed by atoms with van der Waals surface area (Å²) in [4.78, 5) is 10.7. The quantitative estimate of drug-likeness (QED) is 0.566. The number of halogens is 3. The zero-order valence-corrected chi connectivity index (χ0v) is 8.76. The SMILES string of the molecule is C=C.O=C(Cl)c1ccc2c(c1)OC(F)(F)O2. The highest BCUT2D eigenvalue weighted by atomic mass is 35.5. The lowest BCUT2D eigenvalue weighted by Gasteiger charge is -2.04. The van der Waals surface area contributed by atoms with Gasteiger partial charge in [0.2, 0.25) is 0 Å². The summed E-state index contributed by atoms with van der Waals surface area (Å²) in [5.74, 6) is -0.307. The zero-order valence-electron chi connectivity index (χ0n) is 8.00. The van der Waals surface area contributed by atoms with Crippen LogP contribution in [-0.4, -0.2) is 11.5 Å². The van der Waals surface area contributed by atoms with Crippen molar-refractivity contribution >= 4 is 16.8 Å². The summed E-state index contributed by atoms with van der Waals surface area (Å²) in [5.41, 5.74) is 0.0757. The minimum Gasteiger partial charge on any atom is -0.395 e. The first-order valence-corrected chi connectivity index (χ1v) is 4.45. The van der Waals surface area contributed by atoms with Gasteiger partial charge in [0.05, 0.1) is 0 Å². The fraction of sp³-hybridized carbons (Fsp3) is 0.100.